The Hall–Kier alpha value is -1.49. The lowest BCUT2D eigenvalue weighted by molar-refractivity contribution is 0.498. The van der Waals surface area contributed by atoms with Gasteiger partial charge in [0.1, 0.15) is 0 Å². The van der Waals surface area contributed by atoms with Gasteiger partial charge in [0.05, 0.1) is 0 Å². The van der Waals surface area contributed by atoms with Crippen molar-refractivity contribution in [2.24, 2.45) is 5.84 Å². The van der Waals surface area contributed by atoms with Crippen LogP contribution in [0, 0.1) is 18.6 Å². The summed E-state index contributed by atoms with van der Waals surface area (Å²) < 4.78 is 26.1. The Morgan fingerprint density at radius 2 is 1.86 bits per heavy atom. The average Bonchev–Trinajstić information content (AvgIpc) is 2.44. The van der Waals surface area contributed by atoms with E-state index in [0.717, 1.165) is 17.2 Å². The summed E-state index contributed by atoms with van der Waals surface area (Å²) in [5.41, 5.74) is 5.43. The third-order valence-electron chi connectivity index (χ3n) is 3.38. The fraction of sp³-hybridized carbons (Fsp3) is 0.250. The molecule has 2 aromatic carbocycles. The Labute approximate surface area is 127 Å². The number of nitrogens with two attached hydrogens (primary N) is 1. The quantitative estimate of drug-likeness (QED) is 0.655. The first-order valence-corrected chi connectivity index (χ1v) is 7.02. The van der Waals surface area contributed by atoms with Crippen molar-refractivity contribution in [2.45, 2.75) is 25.8 Å². The molecule has 0 bridgehead atoms. The molecule has 0 radical (unpaired) electrons. The molecule has 0 amide bonds. The first-order chi connectivity index (χ1) is 9.99. The van der Waals surface area contributed by atoms with Gasteiger partial charge >= 0.3 is 0 Å². The fourth-order valence-electron chi connectivity index (χ4n) is 2.22. The Morgan fingerprint density at radius 3 is 2.48 bits per heavy atom. The maximum absolute atomic E-state index is 13.2. The molecule has 0 saturated heterocycles. The highest BCUT2D eigenvalue weighted by Crippen LogP contribution is 2.20. The zero-order valence-corrected chi connectivity index (χ0v) is 12.4. The van der Waals surface area contributed by atoms with E-state index in [0.29, 0.717) is 23.4 Å². The summed E-state index contributed by atoms with van der Waals surface area (Å²) in [7, 11) is 0. The molecule has 112 valence electrons. The number of hydrogen-bond acceptors (Lipinski definition) is 2. The van der Waals surface area contributed by atoms with Gasteiger partial charge in [0.15, 0.2) is 11.6 Å². The van der Waals surface area contributed by atoms with Crippen molar-refractivity contribution in [1.29, 1.82) is 0 Å². The van der Waals surface area contributed by atoms with Gasteiger partial charge in [0.2, 0.25) is 0 Å². The summed E-state index contributed by atoms with van der Waals surface area (Å²) in [6.07, 6.45) is 1.09. The van der Waals surface area contributed by atoms with Gasteiger partial charge in [0.25, 0.3) is 0 Å². The second kappa shape index (κ2) is 6.98. The van der Waals surface area contributed by atoms with Gasteiger partial charge < -0.3 is 0 Å². The minimum absolute atomic E-state index is 0.116. The zero-order valence-electron chi connectivity index (χ0n) is 11.7. The molecule has 2 aromatic rings. The minimum Gasteiger partial charge on any atom is -0.271 e. The molecule has 5 heteroatoms. The van der Waals surface area contributed by atoms with Crippen LogP contribution in [0.15, 0.2) is 36.4 Å². The van der Waals surface area contributed by atoms with Gasteiger partial charge in [-0.05, 0) is 54.7 Å². The second-order valence-electron chi connectivity index (χ2n) is 5.12. The largest absolute Gasteiger partial charge is 0.271 e. The van der Waals surface area contributed by atoms with Gasteiger partial charge in [-0.1, -0.05) is 29.8 Å². The predicted octanol–water partition coefficient (Wildman–Crippen LogP) is 3.54. The molecule has 21 heavy (non-hydrogen) atoms. The van der Waals surface area contributed by atoms with Gasteiger partial charge in [-0.2, -0.15) is 0 Å². The van der Waals surface area contributed by atoms with E-state index in [1.54, 1.807) is 6.07 Å². The minimum atomic E-state index is -0.850. The van der Waals surface area contributed by atoms with E-state index in [2.05, 4.69) is 5.43 Å². The Bertz CT molecular complexity index is 632. The van der Waals surface area contributed by atoms with E-state index >= 15 is 0 Å². The van der Waals surface area contributed by atoms with Crippen molar-refractivity contribution < 1.29 is 8.78 Å². The van der Waals surface area contributed by atoms with Crippen molar-refractivity contribution in [1.82, 2.24) is 5.43 Å². The Morgan fingerprint density at radius 1 is 1.10 bits per heavy atom. The van der Waals surface area contributed by atoms with E-state index in [-0.39, 0.29) is 6.04 Å². The smallest absolute Gasteiger partial charge is 0.159 e. The van der Waals surface area contributed by atoms with E-state index in [4.69, 9.17) is 17.4 Å². The number of halogens is 3. The normalized spacial score (nSPS) is 12.4. The third kappa shape index (κ3) is 4.24. The van der Waals surface area contributed by atoms with Crippen LogP contribution in [0.4, 0.5) is 8.78 Å². The lowest BCUT2D eigenvalue weighted by Crippen LogP contribution is -2.38. The summed E-state index contributed by atoms with van der Waals surface area (Å²) in [5, 5.41) is 0.681. The lowest BCUT2D eigenvalue weighted by atomic mass is 9.98. The molecule has 0 fully saturated rings. The maximum atomic E-state index is 13.2. The molecule has 2 rings (SSSR count). The monoisotopic (exact) mass is 310 g/mol. The zero-order chi connectivity index (χ0) is 15.4. The number of nitrogens with one attached hydrogen (secondary N) is 1. The van der Waals surface area contributed by atoms with Crippen molar-refractivity contribution >= 4 is 11.6 Å². The van der Waals surface area contributed by atoms with Crippen LogP contribution in [0.5, 0.6) is 0 Å². The second-order valence-corrected chi connectivity index (χ2v) is 5.52. The van der Waals surface area contributed by atoms with Crippen LogP contribution in [-0.2, 0) is 12.8 Å². The molecule has 0 aliphatic rings. The van der Waals surface area contributed by atoms with E-state index in [1.165, 1.54) is 6.07 Å². The highest BCUT2D eigenvalue weighted by Gasteiger charge is 2.12. The highest BCUT2D eigenvalue weighted by atomic mass is 35.5. The van der Waals surface area contributed by atoms with Crippen molar-refractivity contribution in [2.75, 3.05) is 0 Å². The molecule has 0 spiro atoms. The topological polar surface area (TPSA) is 38.0 Å². The SMILES string of the molecule is Cc1ccc(CC(Cc2ccc(F)c(F)c2)NN)c(Cl)c1. The number of hydrogen-bond donors (Lipinski definition) is 2. The van der Waals surface area contributed by atoms with E-state index in [9.17, 15) is 8.78 Å². The molecule has 0 aliphatic heterocycles. The summed E-state index contributed by atoms with van der Waals surface area (Å²) in [4.78, 5) is 0. The third-order valence-corrected chi connectivity index (χ3v) is 3.73. The summed E-state index contributed by atoms with van der Waals surface area (Å²) in [5.74, 6) is 3.86. The van der Waals surface area contributed by atoms with Crippen LogP contribution in [-0.4, -0.2) is 6.04 Å². The predicted molar refractivity (Wildman–Crippen MR) is 81.1 cm³/mol. The van der Waals surface area contributed by atoms with Crippen LogP contribution in [0.3, 0.4) is 0 Å². The summed E-state index contributed by atoms with van der Waals surface area (Å²) in [6.45, 7) is 1.97. The maximum Gasteiger partial charge on any atom is 0.159 e. The summed E-state index contributed by atoms with van der Waals surface area (Å²) in [6, 6.07) is 9.57. The van der Waals surface area contributed by atoms with Crippen molar-refractivity contribution in [3.63, 3.8) is 0 Å². The first kappa shape index (κ1) is 15.9. The first-order valence-electron chi connectivity index (χ1n) is 6.64. The van der Waals surface area contributed by atoms with E-state index in [1.807, 2.05) is 25.1 Å². The molecule has 0 aliphatic carbocycles. The molecule has 1 unspecified atom stereocenters. The van der Waals surface area contributed by atoms with Crippen LogP contribution < -0.4 is 11.3 Å². The number of benzene rings is 2. The van der Waals surface area contributed by atoms with Gasteiger partial charge in [-0.3, -0.25) is 11.3 Å². The average molecular weight is 311 g/mol. The summed E-state index contributed by atoms with van der Waals surface area (Å²) >= 11 is 6.20. The van der Waals surface area contributed by atoms with Gasteiger partial charge in [0, 0.05) is 11.1 Å². The van der Waals surface area contributed by atoms with Crippen molar-refractivity contribution in [3.05, 3.63) is 69.7 Å². The molecule has 0 aromatic heterocycles. The number of hydrazine groups is 1. The Balaban J connectivity index is 2.10. The molecule has 0 saturated carbocycles. The number of aryl methyl sites for hydroxylation is 1. The van der Waals surface area contributed by atoms with Crippen LogP contribution in [0.1, 0.15) is 16.7 Å². The standard InChI is InChI=1S/C16H17ClF2N2/c1-10-2-4-12(14(17)6-10)9-13(21-20)7-11-3-5-15(18)16(19)8-11/h2-6,8,13,21H,7,9,20H2,1H3. The molecular weight excluding hydrogens is 294 g/mol. The van der Waals surface area contributed by atoms with Gasteiger partial charge in [-0.25, -0.2) is 8.78 Å². The van der Waals surface area contributed by atoms with Gasteiger partial charge in [-0.15, -0.1) is 0 Å². The van der Waals surface area contributed by atoms with Crippen molar-refractivity contribution in [3.8, 4) is 0 Å². The molecule has 0 heterocycles. The molecule has 3 N–H and O–H groups in total. The van der Waals surface area contributed by atoms with Crippen LogP contribution >= 0.6 is 11.6 Å². The highest BCUT2D eigenvalue weighted by molar-refractivity contribution is 6.31. The molecular formula is C16H17ClF2N2. The number of rotatable bonds is 5. The fourth-order valence-corrected chi connectivity index (χ4v) is 2.54. The van der Waals surface area contributed by atoms with Crippen LogP contribution in [0.2, 0.25) is 5.02 Å². The molecule has 2 nitrogen and oxygen atoms in total. The van der Waals surface area contributed by atoms with Crippen LogP contribution in [0.25, 0.3) is 0 Å². The molecule has 1 atom stereocenters. The lowest BCUT2D eigenvalue weighted by Gasteiger charge is -2.17. The van der Waals surface area contributed by atoms with E-state index < -0.39 is 11.6 Å². The Kier molecular flexibility index (Phi) is 5.28.